The molecule has 0 aliphatic rings. The second-order valence-electron chi connectivity index (χ2n) is 4.43. The van der Waals surface area contributed by atoms with E-state index in [1.807, 2.05) is 51.1 Å². The first-order chi connectivity index (χ1) is 8.59. The fourth-order valence-electron chi connectivity index (χ4n) is 1.37. The van der Waals surface area contributed by atoms with Gasteiger partial charge in [-0.1, -0.05) is 30.0 Å². The highest BCUT2D eigenvalue weighted by Gasteiger charge is 2.11. The number of benzene rings is 1. The Hall–Kier alpha value is -1.79. The molecular weight excluding hydrogens is 224 g/mol. The van der Waals surface area contributed by atoms with Crippen LogP contribution in [0.15, 0.2) is 30.3 Å². The predicted molar refractivity (Wildman–Crippen MR) is 74.1 cm³/mol. The molecule has 1 unspecified atom stereocenters. The fourth-order valence-corrected chi connectivity index (χ4v) is 1.37. The van der Waals surface area contributed by atoms with E-state index in [4.69, 9.17) is 0 Å². The fraction of sp³-hybridized carbons (Fsp3) is 0.400. The van der Waals surface area contributed by atoms with E-state index in [0.717, 1.165) is 5.56 Å². The summed E-state index contributed by atoms with van der Waals surface area (Å²) in [6, 6.07) is 9.73. The summed E-state index contributed by atoms with van der Waals surface area (Å²) in [6.45, 7) is 6.23. The van der Waals surface area contributed by atoms with E-state index in [0.29, 0.717) is 6.54 Å². The summed E-state index contributed by atoms with van der Waals surface area (Å²) in [4.78, 5) is 11.6. The SMILES string of the molecule is CC(C)NC(=O)C(C)NCC#Cc1ccccc1. The zero-order chi connectivity index (χ0) is 13.4. The Morgan fingerprint density at radius 3 is 2.50 bits per heavy atom. The summed E-state index contributed by atoms with van der Waals surface area (Å²) in [6.07, 6.45) is 0. The normalized spacial score (nSPS) is 11.6. The highest BCUT2D eigenvalue weighted by molar-refractivity contribution is 5.81. The molecule has 0 spiro atoms. The van der Waals surface area contributed by atoms with Gasteiger partial charge in [0, 0.05) is 11.6 Å². The van der Waals surface area contributed by atoms with E-state index in [2.05, 4.69) is 22.5 Å². The van der Waals surface area contributed by atoms with Gasteiger partial charge in [-0.15, -0.1) is 0 Å². The minimum Gasteiger partial charge on any atom is -0.353 e. The van der Waals surface area contributed by atoms with Gasteiger partial charge in [-0.05, 0) is 32.9 Å². The first-order valence-electron chi connectivity index (χ1n) is 6.17. The Bertz CT molecular complexity index is 429. The molecule has 18 heavy (non-hydrogen) atoms. The van der Waals surface area contributed by atoms with Crippen molar-refractivity contribution in [3.63, 3.8) is 0 Å². The molecule has 0 radical (unpaired) electrons. The lowest BCUT2D eigenvalue weighted by Crippen LogP contribution is -2.44. The van der Waals surface area contributed by atoms with Crippen molar-refractivity contribution in [3.8, 4) is 11.8 Å². The van der Waals surface area contributed by atoms with Crippen LogP contribution in [0.2, 0.25) is 0 Å². The molecule has 0 fully saturated rings. The van der Waals surface area contributed by atoms with Crippen LogP contribution in [0, 0.1) is 11.8 Å². The van der Waals surface area contributed by atoms with Gasteiger partial charge in [0.05, 0.1) is 12.6 Å². The summed E-state index contributed by atoms with van der Waals surface area (Å²) in [5.41, 5.74) is 0.985. The van der Waals surface area contributed by atoms with Crippen LogP contribution >= 0.6 is 0 Å². The lowest BCUT2D eigenvalue weighted by Gasteiger charge is -2.14. The highest BCUT2D eigenvalue weighted by atomic mass is 16.2. The van der Waals surface area contributed by atoms with E-state index >= 15 is 0 Å². The van der Waals surface area contributed by atoms with Crippen LogP contribution in [-0.4, -0.2) is 24.5 Å². The molecule has 1 amide bonds. The number of hydrogen-bond acceptors (Lipinski definition) is 2. The van der Waals surface area contributed by atoms with Crippen molar-refractivity contribution in [1.82, 2.24) is 10.6 Å². The van der Waals surface area contributed by atoms with Crippen molar-refractivity contribution < 1.29 is 4.79 Å². The molecule has 1 aromatic rings. The van der Waals surface area contributed by atoms with Crippen molar-refractivity contribution in [2.75, 3.05) is 6.54 Å². The topological polar surface area (TPSA) is 41.1 Å². The van der Waals surface area contributed by atoms with Gasteiger partial charge >= 0.3 is 0 Å². The number of amides is 1. The number of nitrogens with one attached hydrogen (secondary N) is 2. The van der Waals surface area contributed by atoms with Gasteiger partial charge < -0.3 is 5.32 Å². The minimum absolute atomic E-state index is 0.00603. The molecule has 0 saturated carbocycles. The van der Waals surface area contributed by atoms with Crippen LogP contribution in [0.25, 0.3) is 0 Å². The van der Waals surface area contributed by atoms with E-state index in [-0.39, 0.29) is 18.0 Å². The van der Waals surface area contributed by atoms with Crippen molar-refractivity contribution in [2.24, 2.45) is 0 Å². The molecule has 0 saturated heterocycles. The van der Waals surface area contributed by atoms with Crippen molar-refractivity contribution in [3.05, 3.63) is 35.9 Å². The molecule has 0 aliphatic heterocycles. The molecule has 0 aliphatic carbocycles. The average molecular weight is 244 g/mol. The zero-order valence-corrected chi connectivity index (χ0v) is 11.2. The van der Waals surface area contributed by atoms with Crippen molar-refractivity contribution in [2.45, 2.75) is 32.9 Å². The summed E-state index contributed by atoms with van der Waals surface area (Å²) in [5.74, 6) is 6.04. The second kappa shape index (κ2) is 7.52. The smallest absolute Gasteiger partial charge is 0.237 e. The Kier molecular flexibility index (Phi) is 5.96. The lowest BCUT2D eigenvalue weighted by molar-refractivity contribution is -0.123. The first-order valence-corrected chi connectivity index (χ1v) is 6.17. The van der Waals surface area contributed by atoms with E-state index in [9.17, 15) is 4.79 Å². The third-order valence-electron chi connectivity index (χ3n) is 2.33. The Morgan fingerprint density at radius 1 is 1.22 bits per heavy atom. The molecule has 2 N–H and O–H groups in total. The summed E-state index contributed by atoms with van der Waals surface area (Å²) < 4.78 is 0. The van der Waals surface area contributed by atoms with Gasteiger partial charge in [0.25, 0.3) is 0 Å². The van der Waals surface area contributed by atoms with Crippen molar-refractivity contribution in [1.29, 1.82) is 0 Å². The summed E-state index contributed by atoms with van der Waals surface area (Å²) in [5, 5.41) is 5.92. The van der Waals surface area contributed by atoms with Crippen LogP contribution in [-0.2, 0) is 4.79 Å². The standard InChI is InChI=1S/C15H20N2O/c1-12(2)17-15(18)13(3)16-11-7-10-14-8-5-4-6-9-14/h4-6,8-9,12-13,16H,11H2,1-3H3,(H,17,18). The molecule has 1 atom stereocenters. The number of hydrogen-bond donors (Lipinski definition) is 2. The van der Waals surface area contributed by atoms with Crippen LogP contribution in [0.3, 0.4) is 0 Å². The third-order valence-corrected chi connectivity index (χ3v) is 2.33. The Labute approximate surface area is 109 Å². The maximum atomic E-state index is 11.6. The molecule has 0 heterocycles. The number of rotatable bonds is 4. The Morgan fingerprint density at radius 2 is 1.89 bits per heavy atom. The van der Waals surface area contributed by atoms with Crippen LogP contribution < -0.4 is 10.6 Å². The molecule has 0 aromatic heterocycles. The largest absolute Gasteiger partial charge is 0.353 e. The van der Waals surface area contributed by atoms with E-state index < -0.39 is 0 Å². The minimum atomic E-state index is -0.225. The average Bonchev–Trinajstić information content (AvgIpc) is 2.34. The quantitative estimate of drug-likeness (QED) is 0.789. The molecule has 3 heteroatoms. The first kappa shape index (κ1) is 14.3. The monoisotopic (exact) mass is 244 g/mol. The van der Waals surface area contributed by atoms with E-state index in [1.165, 1.54) is 0 Å². The van der Waals surface area contributed by atoms with Crippen molar-refractivity contribution >= 4 is 5.91 Å². The van der Waals surface area contributed by atoms with Gasteiger partial charge in [-0.2, -0.15) is 0 Å². The zero-order valence-electron chi connectivity index (χ0n) is 11.2. The van der Waals surface area contributed by atoms with Crippen LogP contribution in [0.5, 0.6) is 0 Å². The summed E-state index contributed by atoms with van der Waals surface area (Å²) in [7, 11) is 0. The van der Waals surface area contributed by atoms with Gasteiger partial charge in [0.1, 0.15) is 0 Å². The van der Waals surface area contributed by atoms with Crippen LogP contribution in [0.4, 0.5) is 0 Å². The molecule has 3 nitrogen and oxygen atoms in total. The van der Waals surface area contributed by atoms with Crippen LogP contribution in [0.1, 0.15) is 26.3 Å². The second-order valence-corrected chi connectivity index (χ2v) is 4.43. The lowest BCUT2D eigenvalue weighted by atomic mass is 10.2. The maximum Gasteiger partial charge on any atom is 0.237 e. The van der Waals surface area contributed by atoms with Gasteiger partial charge in [-0.25, -0.2) is 0 Å². The maximum absolute atomic E-state index is 11.6. The molecule has 1 rings (SSSR count). The molecular formula is C15H20N2O. The van der Waals surface area contributed by atoms with Gasteiger partial charge in [-0.3, -0.25) is 10.1 Å². The third kappa shape index (κ3) is 5.51. The number of carbonyl (C=O) groups is 1. The predicted octanol–water partition coefficient (Wildman–Crippen LogP) is 1.54. The highest BCUT2D eigenvalue weighted by Crippen LogP contribution is 1.94. The van der Waals surface area contributed by atoms with Gasteiger partial charge in [0.15, 0.2) is 0 Å². The van der Waals surface area contributed by atoms with E-state index in [1.54, 1.807) is 0 Å². The number of carbonyl (C=O) groups excluding carboxylic acids is 1. The molecule has 96 valence electrons. The molecule has 0 bridgehead atoms. The van der Waals surface area contributed by atoms with Gasteiger partial charge in [0.2, 0.25) is 5.91 Å². The molecule has 1 aromatic carbocycles. The Balaban J connectivity index is 2.34. The summed E-state index contributed by atoms with van der Waals surface area (Å²) >= 11 is 0.